The molecule has 150 valence electrons. The van der Waals surface area contributed by atoms with E-state index in [0.717, 1.165) is 10.1 Å². The van der Waals surface area contributed by atoms with Crippen LogP contribution in [0.4, 0.5) is 11.4 Å². The minimum absolute atomic E-state index is 0.0560. The molecule has 0 radical (unpaired) electrons. The van der Waals surface area contributed by atoms with Gasteiger partial charge in [-0.05, 0) is 50.1 Å². The lowest BCUT2D eigenvalue weighted by Gasteiger charge is -2.11. The third-order valence-corrected chi connectivity index (χ3v) is 4.71. The smallest absolute Gasteiger partial charge is 0.281 e. The lowest BCUT2D eigenvalue weighted by molar-refractivity contribution is 0.120. The van der Waals surface area contributed by atoms with Crippen LogP contribution in [0.1, 0.15) is 16.7 Å². The highest BCUT2D eigenvalue weighted by Gasteiger charge is 2.14. The average molecular weight is 393 g/mol. The molecule has 7 nitrogen and oxygen atoms in total. The van der Waals surface area contributed by atoms with E-state index in [4.69, 9.17) is 9.47 Å². The van der Waals surface area contributed by atoms with Crippen molar-refractivity contribution in [3.8, 4) is 17.4 Å². The van der Waals surface area contributed by atoms with Gasteiger partial charge in [0.05, 0.1) is 5.69 Å². The van der Waals surface area contributed by atoms with E-state index in [2.05, 4.69) is 10.2 Å². The molecule has 0 amide bonds. The second kappa shape index (κ2) is 8.60. The first kappa shape index (κ1) is 20.1. The molecule has 0 spiro atoms. The van der Waals surface area contributed by atoms with Crippen molar-refractivity contribution in [3.63, 3.8) is 0 Å². The molecule has 0 atom stereocenters. The van der Waals surface area contributed by atoms with Gasteiger partial charge in [0.2, 0.25) is 6.79 Å². The van der Waals surface area contributed by atoms with Crippen LogP contribution in [-0.2, 0) is 7.05 Å². The van der Waals surface area contributed by atoms with E-state index in [9.17, 15) is 9.90 Å². The molecule has 3 aromatic rings. The van der Waals surface area contributed by atoms with Crippen molar-refractivity contribution in [1.29, 1.82) is 0 Å². The molecular weight excluding hydrogens is 370 g/mol. The minimum atomic E-state index is -0.407. The Morgan fingerprint density at radius 3 is 2.34 bits per heavy atom. The van der Waals surface area contributed by atoms with E-state index in [-0.39, 0.29) is 18.4 Å². The molecule has 2 aromatic carbocycles. The summed E-state index contributed by atoms with van der Waals surface area (Å²) in [5.74, 6) is 1.22. The van der Waals surface area contributed by atoms with Crippen molar-refractivity contribution in [2.45, 2.75) is 20.8 Å². The first-order chi connectivity index (χ1) is 13.9. The number of hydrogen-bond acceptors (Lipinski definition) is 6. The molecule has 29 heavy (non-hydrogen) atoms. The van der Waals surface area contributed by atoms with Gasteiger partial charge in [0.1, 0.15) is 11.5 Å². The number of hydrogen-bond donors (Lipinski definition) is 1. The number of aryl methyl sites for hydroxylation is 1. The third-order valence-electron chi connectivity index (χ3n) is 4.71. The number of rotatable bonds is 6. The number of aromatic nitrogens is 1. The number of ether oxygens (including phenoxy) is 2. The van der Waals surface area contributed by atoms with Crippen LogP contribution in [0.3, 0.4) is 0 Å². The zero-order valence-corrected chi connectivity index (χ0v) is 16.8. The number of para-hydroxylation sites is 1. The summed E-state index contributed by atoms with van der Waals surface area (Å²) in [7, 11) is 1.50. The summed E-state index contributed by atoms with van der Waals surface area (Å²) in [5.41, 5.74) is 2.43. The van der Waals surface area contributed by atoms with Gasteiger partial charge in [0.25, 0.3) is 5.56 Å². The van der Waals surface area contributed by atoms with Gasteiger partial charge in [-0.3, -0.25) is 9.36 Å². The summed E-state index contributed by atoms with van der Waals surface area (Å²) >= 11 is 0. The summed E-state index contributed by atoms with van der Waals surface area (Å²) in [5, 5.41) is 18.4. The first-order valence-corrected chi connectivity index (χ1v) is 9.10. The lowest BCUT2D eigenvalue weighted by Crippen LogP contribution is -2.18. The summed E-state index contributed by atoms with van der Waals surface area (Å²) in [6, 6.07) is 14.8. The van der Waals surface area contributed by atoms with Crippen molar-refractivity contribution in [2.75, 3.05) is 6.79 Å². The Morgan fingerprint density at radius 2 is 1.62 bits per heavy atom. The topological polar surface area (TPSA) is 85.4 Å². The molecule has 0 saturated heterocycles. The molecule has 1 heterocycles. The maximum Gasteiger partial charge on any atom is 0.281 e. The van der Waals surface area contributed by atoms with Gasteiger partial charge in [0, 0.05) is 18.7 Å². The quantitative estimate of drug-likeness (QED) is 0.479. The zero-order chi connectivity index (χ0) is 21.0. The summed E-state index contributed by atoms with van der Waals surface area (Å²) in [4.78, 5) is 12.4. The summed E-state index contributed by atoms with van der Waals surface area (Å²) in [6.45, 7) is 5.42. The zero-order valence-electron chi connectivity index (χ0n) is 16.8. The second-order valence-electron chi connectivity index (χ2n) is 6.65. The standard InChI is InChI=1S/C22H23N3O4/c1-14-10-11-18(29-13-28-17-8-6-5-7-9-17)12-19(14)23-24-20-15(2)16(3)21(26)25(4)22(20)27/h5-12,26H,13H2,1-4H3. The minimum Gasteiger partial charge on any atom is -0.494 e. The predicted molar refractivity (Wildman–Crippen MR) is 111 cm³/mol. The first-order valence-electron chi connectivity index (χ1n) is 9.10. The molecule has 0 unspecified atom stereocenters. The third kappa shape index (κ3) is 4.45. The van der Waals surface area contributed by atoms with Gasteiger partial charge in [-0.2, -0.15) is 0 Å². The normalized spacial score (nSPS) is 11.0. The summed E-state index contributed by atoms with van der Waals surface area (Å²) < 4.78 is 12.3. The highest BCUT2D eigenvalue weighted by molar-refractivity contribution is 5.53. The van der Waals surface area contributed by atoms with Crippen LogP contribution < -0.4 is 15.0 Å². The van der Waals surface area contributed by atoms with Gasteiger partial charge < -0.3 is 14.6 Å². The van der Waals surface area contributed by atoms with Crippen LogP contribution in [0.5, 0.6) is 17.4 Å². The van der Waals surface area contributed by atoms with Gasteiger partial charge in [-0.1, -0.05) is 24.3 Å². The van der Waals surface area contributed by atoms with Crippen LogP contribution in [-0.4, -0.2) is 16.5 Å². The summed E-state index contributed by atoms with van der Waals surface area (Å²) in [6.07, 6.45) is 0. The molecule has 3 rings (SSSR count). The number of pyridine rings is 1. The second-order valence-corrected chi connectivity index (χ2v) is 6.65. The Hall–Kier alpha value is -3.61. The Labute approximate surface area is 168 Å². The molecule has 1 N–H and O–H groups in total. The van der Waals surface area contributed by atoms with E-state index in [0.29, 0.717) is 28.3 Å². The molecule has 0 bridgehead atoms. The van der Waals surface area contributed by atoms with Crippen molar-refractivity contribution in [3.05, 3.63) is 75.6 Å². The van der Waals surface area contributed by atoms with Crippen LogP contribution in [0.15, 0.2) is 63.6 Å². The number of aromatic hydroxyl groups is 1. The van der Waals surface area contributed by atoms with Gasteiger partial charge in [-0.15, -0.1) is 10.2 Å². The Bertz CT molecular complexity index is 1110. The predicted octanol–water partition coefficient (Wildman–Crippen LogP) is 4.85. The fraction of sp³-hybridized carbons (Fsp3) is 0.227. The van der Waals surface area contributed by atoms with Crippen molar-refractivity contribution in [2.24, 2.45) is 17.3 Å². The Morgan fingerprint density at radius 1 is 0.931 bits per heavy atom. The maximum atomic E-state index is 12.4. The Kier molecular flexibility index (Phi) is 5.97. The average Bonchev–Trinajstić information content (AvgIpc) is 2.73. The fourth-order valence-corrected chi connectivity index (χ4v) is 2.70. The lowest BCUT2D eigenvalue weighted by atomic mass is 10.1. The van der Waals surface area contributed by atoms with Crippen molar-refractivity contribution in [1.82, 2.24) is 4.57 Å². The van der Waals surface area contributed by atoms with E-state index < -0.39 is 5.56 Å². The molecule has 0 aliphatic carbocycles. The largest absolute Gasteiger partial charge is 0.494 e. The van der Waals surface area contributed by atoms with Crippen molar-refractivity contribution >= 4 is 11.4 Å². The van der Waals surface area contributed by atoms with Gasteiger partial charge in [0.15, 0.2) is 11.6 Å². The van der Waals surface area contributed by atoms with Crippen LogP contribution in [0.25, 0.3) is 0 Å². The Balaban J connectivity index is 1.80. The number of benzene rings is 2. The van der Waals surface area contributed by atoms with Crippen molar-refractivity contribution < 1.29 is 14.6 Å². The number of nitrogens with zero attached hydrogens (tertiary/aromatic N) is 3. The van der Waals surface area contributed by atoms with E-state index in [1.165, 1.54) is 7.05 Å². The fourth-order valence-electron chi connectivity index (χ4n) is 2.70. The highest BCUT2D eigenvalue weighted by atomic mass is 16.7. The molecule has 1 aromatic heterocycles. The maximum absolute atomic E-state index is 12.4. The van der Waals surface area contributed by atoms with E-state index in [1.54, 1.807) is 19.9 Å². The van der Waals surface area contributed by atoms with E-state index >= 15 is 0 Å². The van der Waals surface area contributed by atoms with Crippen LogP contribution in [0, 0.1) is 20.8 Å². The molecule has 0 fully saturated rings. The number of azo groups is 1. The molecule has 0 aliphatic rings. The monoisotopic (exact) mass is 393 g/mol. The van der Waals surface area contributed by atoms with Gasteiger partial charge >= 0.3 is 0 Å². The highest BCUT2D eigenvalue weighted by Crippen LogP contribution is 2.29. The van der Waals surface area contributed by atoms with E-state index in [1.807, 2.05) is 49.4 Å². The van der Waals surface area contributed by atoms with Crippen LogP contribution in [0.2, 0.25) is 0 Å². The molecule has 0 aliphatic heterocycles. The molecule has 7 heteroatoms. The van der Waals surface area contributed by atoms with Gasteiger partial charge in [-0.25, -0.2) is 0 Å². The molecular formula is C22H23N3O4. The SMILES string of the molecule is Cc1ccc(OCOc2ccccc2)cc1N=Nc1c(C)c(C)c(O)n(C)c1=O. The van der Waals surface area contributed by atoms with Crippen LogP contribution >= 0.6 is 0 Å². The molecule has 0 saturated carbocycles.